The first-order valence-electron chi connectivity index (χ1n) is 5.37. The quantitative estimate of drug-likeness (QED) is 0.777. The standard InChI is InChI=1S/C13H20O/c1-4-10(2)13(14)9-12-8-6-5-7-11(12)3/h5-8,10,13-14H,4,9H2,1-3H3. The second-order valence-electron chi connectivity index (χ2n) is 4.08. The highest BCUT2D eigenvalue weighted by atomic mass is 16.3. The van der Waals surface area contributed by atoms with Gasteiger partial charge in [0.2, 0.25) is 0 Å². The van der Waals surface area contributed by atoms with Gasteiger partial charge in [0.05, 0.1) is 6.10 Å². The van der Waals surface area contributed by atoms with Crippen LogP contribution < -0.4 is 0 Å². The highest BCUT2D eigenvalue weighted by Crippen LogP contribution is 2.15. The molecule has 0 amide bonds. The van der Waals surface area contributed by atoms with E-state index in [1.54, 1.807) is 0 Å². The van der Waals surface area contributed by atoms with Crippen LogP contribution in [0, 0.1) is 12.8 Å². The molecule has 0 aromatic heterocycles. The summed E-state index contributed by atoms with van der Waals surface area (Å²) in [4.78, 5) is 0. The molecule has 0 aliphatic rings. The zero-order valence-electron chi connectivity index (χ0n) is 9.33. The first-order valence-corrected chi connectivity index (χ1v) is 5.37. The first kappa shape index (κ1) is 11.3. The van der Waals surface area contributed by atoms with Gasteiger partial charge >= 0.3 is 0 Å². The first-order chi connectivity index (χ1) is 6.65. The van der Waals surface area contributed by atoms with Gasteiger partial charge in [0.25, 0.3) is 0 Å². The molecule has 78 valence electrons. The van der Waals surface area contributed by atoms with Gasteiger partial charge in [0.15, 0.2) is 0 Å². The summed E-state index contributed by atoms with van der Waals surface area (Å²) in [6, 6.07) is 8.26. The molecule has 0 radical (unpaired) electrons. The van der Waals surface area contributed by atoms with Crippen LogP contribution in [0.25, 0.3) is 0 Å². The Kier molecular flexibility index (Phi) is 4.15. The summed E-state index contributed by atoms with van der Waals surface area (Å²) < 4.78 is 0. The Bertz CT molecular complexity index is 280. The minimum atomic E-state index is -0.207. The third-order valence-corrected chi connectivity index (χ3v) is 2.99. The van der Waals surface area contributed by atoms with Crippen LogP contribution in [0.1, 0.15) is 31.4 Å². The van der Waals surface area contributed by atoms with Crippen molar-refractivity contribution >= 4 is 0 Å². The summed E-state index contributed by atoms with van der Waals surface area (Å²) in [5, 5.41) is 9.90. The van der Waals surface area contributed by atoms with Crippen molar-refractivity contribution in [3.63, 3.8) is 0 Å². The normalized spacial score (nSPS) is 15.1. The van der Waals surface area contributed by atoms with Gasteiger partial charge in [-0.1, -0.05) is 44.5 Å². The van der Waals surface area contributed by atoms with E-state index in [1.165, 1.54) is 11.1 Å². The molecule has 0 spiro atoms. The van der Waals surface area contributed by atoms with Crippen molar-refractivity contribution in [3.05, 3.63) is 35.4 Å². The number of benzene rings is 1. The van der Waals surface area contributed by atoms with Crippen LogP contribution >= 0.6 is 0 Å². The second-order valence-corrected chi connectivity index (χ2v) is 4.08. The Morgan fingerprint density at radius 1 is 1.29 bits per heavy atom. The zero-order valence-corrected chi connectivity index (χ0v) is 9.33. The lowest BCUT2D eigenvalue weighted by molar-refractivity contribution is 0.114. The van der Waals surface area contributed by atoms with Crippen molar-refractivity contribution in [2.45, 2.75) is 39.7 Å². The van der Waals surface area contributed by atoms with E-state index in [9.17, 15) is 5.11 Å². The predicted molar refractivity (Wildman–Crippen MR) is 60.3 cm³/mol. The Labute approximate surface area is 86.8 Å². The van der Waals surface area contributed by atoms with Gasteiger partial charge in [-0.15, -0.1) is 0 Å². The van der Waals surface area contributed by atoms with Crippen molar-refractivity contribution in [2.75, 3.05) is 0 Å². The average molecular weight is 192 g/mol. The van der Waals surface area contributed by atoms with Gasteiger partial charge in [0.1, 0.15) is 0 Å². The molecule has 0 aliphatic heterocycles. The van der Waals surface area contributed by atoms with Crippen LogP contribution in [0.15, 0.2) is 24.3 Å². The molecular weight excluding hydrogens is 172 g/mol. The maximum absolute atomic E-state index is 9.90. The smallest absolute Gasteiger partial charge is 0.0606 e. The lowest BCUT2D eigenvalue weighted by atomic mass is 9.94. The minimum Gasteiger partial charge on any atom is -0.393 e. The monoisotopic (exact) mass is 192 g/mol. The third-order valence-electron chi connectivity index (χ3n) is 2.99. The Morgan fingerprint density at radius 2 is 1.93 bits per heavy atom. The van der Waals surface area contributed by atoms with Gasteiger partial charge < -0.3 is 5.11 Å². The van der Waals surface area contributed by atoms with Crippen LogP contribution in [0.4, 0.5) is 0 Å². The van der Waals surface area contributed by atoms with Crippen molar-refractivity contribution in [1.82, 2.24) is 0 Å². The zero-order chi connectivity index (χ0) is 10.6. The summed E-state index contributed by atoms with van der Waals surface area (Å²) in [5.74, 6) is 0.384. The Hall–Kier alpha value is -0.820. The lowest BCUT2D eigenvalue weighted by Crippen LogP contribution is -2.20. The summed E-state index contributed by atoms with van der Waals surface area (Å²) in [6.07, 6.45) is 1.61. The average Bonchev–Trinajstić information content (AvgIpc) is 2.20. The minimum absolute atomic E-state index is 0.207. The molecule has 1 N–H and O–H groups in total. The maximum Gasteiger partial charge on any atom is 0.0606 e. The number of hydrogen-bond acceptors (Lipinski definition) is 1. The van der Waals surface area contributed by atoms with Crippen molar-refractivity contribution in [3.8, 4) is 0 Å². The van der Waals surface area contributed by atoms with Crippen molar-refractivity contribution in [1.29, 1.82) is 0 Å². The predicted octanol–water partition coefficient (Wildman–Crippen LogP) is 2.94. The largest absolute Gasteiger partial charge is 0.393 e. The number of hydrogen-bond donors (Lipinski definition) is 1. The van der Waals surface area contributed by atoms with E-state index in [4.69, 9.17) is 0 Å². The summed E-state index contributed by atoms with van der Waals surface area (Å²) in [6.45, 7) is 6.31. The molecule has 2 unspecified atom stereocenters. The summed E-state index contributed by atoms with van der Waals surface area (Å²) in [5.41, 5.74) is 2.54. The fourth-order valence-corrected chi connectivity index (χ4v) is 1.54. The molecule has 0 fully saturated rings. The van der Waals surface area contributed by atoms with E-state index in [2.05, 4.69) is 32.9 Å². The molecule has 1 nitrogen and oxygen atoms in total. The van der Waals surface area contributed by atoms with E-state index in [1.807, 2.05) is 12.1 Å². The van der Waals surface area contributed by atoms with E-state index < -0.39 is 0 Å². The molecule has 0 aliphatic carbocycles. The van der Waals surface area contributed by atoms with Crippen LogP contribution in [-0.4, -0.2) is 11.2 Å². The topological polar surface area (TPSA) is 20.2 Å². The second kappa shape index (κ2) is 5.16. The van der Waals surface area contributed by atoms with Gasteiger partial charge in [-0.3, -0.25) is 0 Å². The molecule has 0 saturated heterocycles. The molecule has 0 heterocycles. The van der Waals surface area contributed by atoms with Crippen LogP contribution in [0.3, 0.4) is 0 Å². The Morgan fingerprint density at radius 3 is 2.50 bits per heavy atom. The number of aliphatic hydroxyl groups is 1. The van der Waals surface area contributed by atoms with E-state index in [0.29, 0.717) is 5.92 Å². The molecule has 0 bridgehead atoms. The SMILES string of the molecule is CCC(C)C(O)Cc1ccccc1C. The fraction of sp³-hybridized carbons (Fsp3) is 0.538. The van der Waals surface area contributed by atoms with E-state index >= 15 is 0 Å². The lowest BCUT2D eigenvalue weighted by Gasteiger charge is -2.18. The van der Waals surface area contributed by atoms with Crippen molar-refractivity contribution < 1.29 is 5.11 Å². The molecule has 2 atom stereocenters. The summed E-state index contributed by atoms with van der Waals surface area (Å²) >= 11 is 0. The van der Waals surface area contributed by atoms with Crippen molar-refractivity contribution in [2.24, 2.45) is 5.92 Å². The maximum atomic E-state index is 9.90. The van der Waals surface area contributed by atoms with E-state index in [-0.39, 0.29) is 6.10 Å². The van der Waals surface area contributed by atoms with Gasteiger partial charge in [-0.25, -0.2) is 0 Å². The molecule has 1 rings (SSSR count). The van der Waals surface area contributed by atoms with Gasteiger partial charge in [-0.2, -0.15) is 0 Å². The highest BCUT2D eigenvalue weighted by Gasteiger charge is 2.13. The molecule has 1 aromatic rings. The van der Waals surface area contributed by atoms with Crippen LogP contribution in [-0.2, 0) is 6.42 Å². The summed E-state index contributed by atoms with van der Waals surface area (Å²) in [7, 11) is 0. The Balaban J connectivity index is 2.64. The molecule has 1 heteroatoms. The molecule has 1 aromatic carbocycles. The fourth-order valence-electron chi connectivity index (χ4n) is 1.54. The number of aliphatic hydroxyl groups excluding tert-OH is 1. The van der Waals surface area contributed by atoms with Gasteiger partial charge in [-0.05, 0) is 30.4 Å². The van der Waals surface area contributed by atoms with E-state index in [0.717, 1.165) is 12.8 Å². The van der Waals surface area contributed by atoms with Gasteiger partial charge in [0, 0.05) is 0 Å². The highest BCUT2D eigenvalue weighted by molar-refractivity contribution is 5.26. The number of aryl methyl sites for hydroxylation is 1. The van der Waals surface area contributed by atoms with Crippen LogP contribution in [0.5, 0.6) is 0 Å². The third kappa shape index (κ3) is 2.85. The van der Waals surface area contributed by atoms with Crippen LogP contribution in [0.2, 0.25) is 0 Å². The molecule has 0 saturated carbocycles. The number of rotatable bonds is 4. The molecule has 14 heavy (non-hydrogen) atoms. The molecular formula is C13H20O.